The van der Waals surface area contributed by atoms with E-state index in [0.717, 1.165) is 49.7 Å². The van der Waals surface area contributed by atoms with E-state index >= 15 is 0 Å². The van der Waals surface area contributed by atoms with Crippen molar-refractivity contribution in [2.45, 2.75) is 115 Å². The Morgan fingerprint density at radius 3 is 1.31 bits per heavy atom. The van der Waals surface area contributed by atoms with Crippen LogP contribution in [-0.4, -0.2) is 107 Å². The molecule has 0 aromatic rings. The first-order valence-electron chi connectivity index (χ1n) is 19.3. The van der Waals surface area contributed by atoms with Gasteiger partial charge in [0.1, 0.15) is 24.4 Å². The minimum Gasteiger partial charge on any atom is -0.412 e. The zero-order chi connectivity index (χ0) is 37.8. The van der Waals surface area contributed by atoms with E-state index in [1.54, 1.807) is 24.3 Å². The van der Waals surface area contributed by atoms with E-state index < -0.39 is 59.0 Å². The number of allylic oxidation sites excluding steroid dienone is 8. The van der Waals surface area contributed by atoms with Gasteiger partial charge in [-0.25, -0.2) is 0 Å². The lowest BCUT2D eigenvalue weighted by atomic mass is 9.46. The van der Waals surface area contributed by atoms with Crippen LogP contribution >= 0.6 is 0 Å². The standard InChI is InChI=1S/2C21H28O5.3H2O/c2*1-19-7-5-13(23)9-12(19)3-4-14-15-6-8-21(26,17(25)11-22)20(15,2)10-16(24)18(14)19;;;/h2*5,7,9,14-16,18,22,24,26H,3-4,6,8,10-11H2,1-2H3;3*1H2/t2*14-,15-,16-,18+,19-,20-,21-;;;/m00.../s1. The molecule has 0 saturated heterocycles. The van der Waals surface area contributed by atoms with Crippen molar-refractivity contribution in [1.82, 2.24) is 0 Å². The number of hydrogen-bond donors (Lipinski definition) is 6. The van der Waals surface area contributed by atoms with Crippen LogP contribution in [0.5, 0.6) is 0 Å². The van der Waals surface area contributed by atoms with Gasteiger partial charge in [0, 0.05) is 33.5 Å². The van der Waals surface area contributed by atoms with Gasteiger partial charge in [-0.15, -0.1) is 0 Å². The molecule has 0 heterocycles. The smallest absolute Gasteiger partial charge is 0.190 e. The maximum atomic E-state index is 12.4. The molecule has 14 atom stereocenters. The normalized spacial score (nSPS) is 47.2. The molecular weight excluding hydrogens is 712 g/mol. The number of ketones is 4. The zero-order valence-corrected chi connectivity index (χ0v) is 32.4. The van der Waals surface area contributed by atoms with Gasteiger partial charge in [-0.05, 0) is 112 Å². The van der Waals surface area contributed by atoms with Gasteiger partial charge >= 0.3 is 0 Å². The summed E-state index contributed by atoms with van der Waals surface area (Å²) in [6.45, 7) is 6.68. The van der Waals surface area contributed by atoms with E-state index in [-0.39, 0.29) is 74.3 Å². The van der Waals surface area contributed by atoms with Crippen molar-refractivity contribution >= 4 is 23.1 Å². The summed E-state index contributed by atoms with van der Waals surface area (Å²) in [5.74, 6) is -0.453. The molecule has 0 spiro atoms. The second-order valence-electron chi connectivity index (χ2n) is 18.4. The summed E-state index contributed by atoms with van der Waals surface area (Å²) in [5.41, 5.74) is -3.08. The van der Waals surface area contributed by atoms with Gasteiger partial charge in [0.15, 0.2) is 23.1 Å². The van der Waals surface area contributed by atoms with Crippen LogP contribution in [0.25, 0.3) is 0 Å². The molecule has 12 N–H and O–H groups in total. The second kappa shape index (κ2) is 14.9. The monoisotopic (exact) mass is 774 g/mol. The van der Waals surface area contributed by atoms with Crippen LogP contribution < -0.4 is 0 Å². The lowest BCUT2D eigenvalue weighted by Gasteiger charge is -2.59. The first kappa shape index (κ1) is 45.0. The summed E-state index contributed by atoms with van der Waals surface area (Å²) in [7, 11) is 0. The van der Waals surface area contributed by atoms with Crippen molar-refractivity contribution in [2.75, 3.05) is 13.2 Å². The third-order valence-corrected chi connectivity index (χ3v) is 16.5. The predicted octanol–water partition coefficient (Wildman–Crippen LogP) is 0.641. The van der Waals surface area contributed by atoms with Gasteiger partial charge in [-0.1, -0.05) is 51.0 Å². The van der Waals surface area contributed by atoms with Crippen molar-refractivity contribution in [3.8, 4) is 0 Å². The molecule has 8 aliphatic carbocycles. The lowest BCUT2D eigenvalue weighted by Crippen LogP contribution is -2.61. The van der Waals surface area contributed by atoms with Crippen molar-refractivity contribution in [1.29, 1.82) is 0 Å². The molecule has 13 heteroatoms. The number of fused-ring (bicyclic) bond motifs is 10. The van der Waals surface area contributed by atoms with Crippen LogP contribution in [0.2, 0.25) is 0 Å². The maximum absolute atomic E-state index is 12.4. The zero-order valence-electron chi connectivity index (χ0n) is 32.4. The molecule has 55 heavy (non-hydrogen) atoms. The predicted molar refractivity (Wildman–Crippen MR) is 201 cm³/mol. The Kier molecular flexibility index (Phi) is 12.2. The summed E-state index contributed by atoms with van der Waals surface area (Å²) in [5, 5.41) is 63.3. The fourth-order valence-corrected chi connectivity index (χ4v) is 13.8. The third-order valence-electron chi connectivity index (χ3n) is 16.5. The molecule has 0 amide bonds. The molecule has 8 aliphatic rings. The fraction of sp³-hybridized carbons (Fsp3) is 0.714. The van der Waals surface area contributed by atoms with E-state index in [9.17, 15) is 49.8 Å². The number of aliphatic hydroxyl groups is 6. The van der Waals surface area contributed by atoms with Crippen LogP contribution in [0, 0.1) is 57.2 Å². The third kappa shape index (κ3) is 6.07. The molecule has 13 nitrogen and oxygen atoms in total. The van der Waals surface area contributed by atoms with Gasteiger partial charge in [-0.2, -0.15) is 0 Å². The van der Waals surface area contributed by atoms with E-state index in [0.29, 0.717) is 25.7 Å². The minimum atomic E-state index is -1.56. The Labute approximate surface area is 322 Å². The molecule has 0 aromatic heterocycles. The number of carbonyl (C=O) groups is 4. The number of hydrogen-bond acceptors (Lipinski definition) is 10. The Hall–Kier alpha value is -2.72. The molecule has 8 rings (SSSR count). The van der Waals surface area contributed by atoms with Crippen LogP contribution in [0.15, 0.2) is 47.6 Å². The van der Waals surface area contributed by atoms with E-state index in [1.807, 2.05) is 26.0 Å². The van der Waals surface area contributed by atoms with Crippen LogP contribution in [0.4, 0.5) is 0 Å². The Morgan fingerprint density at radius 2 is 0.982 bits per heavy atom. The first-order valence-corrected chi connectivity index (χ1v) is 19.3. The molecule has 0 unspecified atom stereocenters. The summed E-state index contributed by atoms with van der Waals surface area (Å²) >= 11 is 0. The summed E-state index contributed by atoms with van der Waals surface area (Å²) in [6.07, 6.45) is 15.4. The van der Waals surface area contributed by atoms with E-state index in [4.69, 9.17) is 0 Å². The molecule has 0 bridgehead atoms. The average Bonchev–Trinajstić information content (AvgIpc) is 3.53. The Balaban J connectivity index is 0.000000232. The highest BCUT2D eigenvalue weighted by Crippen LogP contribution is 2.68. The van der Waals surface area contributed by atoms with Crippen LogP contribution in [0.1, 0.15) is 91.9 Å². The van der Waals surface area contributed by atoms with Crippen LogP contribution in [0.3, 0.4) is 0 Å². The topological polar surface area (TPSA) is 284 Å². The van der Waals surface area contributed by atoms with Gasteiger partial charge < -0.3 is 47.1 Å². The highest BCUT2D eigenvalue weighted by Gasteiger charge is 2.69. The van der Waals surface area contributed by atoms with Crippen molar-refractivity contribution in [3.63, 3.8) is 0 Å². The number of Topliss-reactive ketones (excluding diaryl/α,β-unsaturated/α-hetero) is 2. The van der Waals surface area contributed by atoms with Gasteiger partial charge in [0.2, 0.25) is 0 Å². The lowest BCUT2D eigenvalue weighted by molar-refractivity contribution is -0.178. The van der Waals surface area contributed by atoms with Crippen molar-refractivity contribution < 1.29 is 66.2 Å². The summed E-state index contributed by atoms with van der Waals surface area (Å²) in [4.78, 5) is 48.3. The summed E-state index contributed by atoms with van der Waals surface area (Å²) in [6, 6.07) is 0. The average molecular weight is 775 g/mol. The largest absolute Gasteiger partial charge is 0.412 e. The number of carbonyl (C=O) groups excluding carboxylic acids is 4. The second-order valence-corrected chi connectivity index (χ2v) is 18.4. The molecule has 6 fully saturated rings. The molecule has 0 aromatic carbocycles. The van der Waals surface area contributed by atoms with Crippen molar-refractivity contribution in [3.05, 3.63) is 47.6 Å². The van der Waals surface area contributed by atoms with Crippen LogP contribution in [-0.2, 0) is 19.2 Å². The van der Waals surface area contributed by atoms with Gasteiger partial charge in [-0.3, -0.25) is 19.2 Å². The molecule has 308 valence electrons. The fourth-order valence-electron chi connectivity index (χ4n) is 13.8. The first-order chi connectivity index (χ1) is 24.3. The summed E-state index contributed by atoms with van der Waals surface area (Å²) < 4.78 is 0. The SMILES string of the molecule is C[C@]12C=CC(=O)C=C1CC[C@@H]1[C@@H]2[C@@H](O)C[C@@]2(C)[C@H]1CC[C@]2(O)C(=O)CO.C[C@]12C=CC(=O)C=C1CC[C@@H]1[C@@H]2[C@@H](O)C[C@@]2(C)[C@H]1CC[C@]2(O)C(=O)CO.O.O.O. The highest BCUT2D eigenvalue weighted by atomic mass is 16.3. The van der Waals surface area contributed by atoms with Gasteiger partial charge in [0.25, 0.3) is 0 Å². The highest BCUT2D eigenvalue weighted by molar-refractivity contribution is 6.01. The quantitative estimate of drug-likeness (QED) is 0.232. The van der Waals surface area contributed by atoms with Crippen molar-refractivity contribution in [2.24, 2.45) is 57.2 Å². The number of rotatable bonds is 4. The van der Waals surface area contributed by atoms with E-state index in [1.165, 1.54) is 0 Å². The van der Waals surface area contributed by atoms with E-state index in [2.05, 4.69) is 13.8 Å². The maximum Gasteiger partial charge on any atom is 0.190 e. The number of aliphatic hydroxyl groups excluding tert-OH is 4. The van der Waals surface area contributed by atoms with Gasteiger partial charge in [0.05, 0.1) is 12.2 Å². The Morgan fingerprint density at radius 1 is 0.636 bits per heavy atom. The molecule has 0 radical (unpaired) electrons. The molecule has 0 aliphatic heterocycles. The Bertz CT molecular complexity index is 1580. The minimum absolute atomic E-state index is 0. The molecule has 6 saturated carbocycles. The molecular formula is C42H62O13.